The minimum atomic E-state index is 0.106. The third-order valence-corrected chi connectivity index (χ3v) is 3.54. The van der Waals surface area contributed by atoms with Crippen molar-refractivity contribution in [1.29, 1.82) is 0 Å². The van der Waals surface area contributed by atoms with Gasteiger partial charge < -0.3 is 5.73 Å². The monoisotopic (exact) mass is 253 g/mol. The Balaban J connectivity index is 2.20. The summed E-state index contributed by atoms with van der Waals surface area (Å²) >= 11 is 0. The molecule has 0 aliphatic heterocycles. The van der Waals surface area contributed by atoms with E-state index in [0.717, 1.165) is 11.1 Å². The summed E-state index contributed by atoms with van der Waals surface area (Å²) in [6, 6.07) is 11.6. The maximum atomic E-state index is 12.2. The van der Waals surface area contributed by atoms with E-state index < -0.39 is 0 Å². The molecule has 0 radical (unpaired) electrons. The molecule has 2 heteroatoms. The fourth-order valence-corrected chi connectivity index (χ4v) is 2.01. The van der Waals surface area contributed by atoms with Crippen LogP contribution in [0.25, 0.3) is 0 Å². The normalized spacial score (nSPS) is 10.5. The molecule has 2 aromatic carbocycles. The lowest BCUT2D eigenvalue weighted by Crippen LogP contribution is -2.05. The topological polar surface area (TPSA) is 43.1 Å². The minimum Gasteiger partial charge on any atom is -0.398 e. The lowest BCUT2D eigenvalue weighted by atomic mass is 9.98. The predicted octanol–water partition coefficient (Wildman–Crippen LogP) is 3.62. The van der Waals surface area contributed by atoms with Crippen LogP contribution in [-0.4, -0.2) is 5.78 Å². The largest absolute Gasteiger partial charge is 0.398 e. The molecule has 0 fully saturated rings. The van der Waals surface area contributed by atoms with Crippen LogP contribution >= 0.6 is 0 Å². The highest BCUT2D eigenvalue weighted by molar-refractivity contribution is 5.98. The van der Waals surface area contributed by atoms with Crippen molar-refractivity contribution in [2.24, 2.45) is 0 Å². The van der Waals surface area contributed by atoms with Crippen molar-refractivity contribution in [1.82, 2.24) is 0 Å². The first-order chi connectivity index (χ1) is 8.97. The molecule has 0 atom stereocenters. The molecule has 0 bridgehead atoms. The number of carbonyl (C=O) groups excluding carboxylic acids is 1. The number of nitrogen functional groups attached to an aromatic ring is 1. The standard InChI is InChI=1S/C17H19NO/c1-11-4-6-14(8-13(11)3)9-17(19)15-7-5-12(2)16(18)10-15/h4-8,10H,9,18H2,1-3H3. The molecular weight excluding hydrogens is 234 g/mol. The van der Waals surface area contributed by atoms with Gasteiger partial charge in [0.2, 0.25) is 0 Å². The lowest BCUT2D eigenvalue weighted by molar-refractivity contribution is 0.0993. The van der Waals surface area contributed by atoms with Crippen LogP contribution in [0.5, 0.6) is 0 Å². The second-order valence-corrected chi connectivity index (χ2v) is 5.09. The minimum absolute atomic E-state index is 0.106. The van der Waals surface area contributed by atoms with Crippen LogP contribution < -0.4 is 5.73 Å². The first kappa shape index (κ1) is 13.3. The van der Waals surface area contributed by atoms with Crippen molar-refractivity contribution in [3.05, 3.63) is 64.2 Å². The number of hydrogen-bond acceptors (Lipinski definition) is 2. The summed E-state index contributed by atoms with van der Waals surface area (Å²) in [6.07, 6.45) is 0.420. The Labute approximate surface area is 114 Å². The molecule has 0 aliphatic carbocycles. The van der Waals surface area contributed by atoms with Crippen molar-refractivity contribution in [3.63, 3.8) is 0 Å². The quantitative estimate of drug-likeness (QED) is 0.670. The molecule has 0 aromatic heterocycles. The summed E-state index contributed by atoms with van der Waals surface area (Å²) < 4.78 is 0. The Bertz CT molecular complexity index is 629. The highest BCUT2D eigenvalue weighted by Crippen LogP contribution is 2.16. The van der Waals surface area contributed by atoms with Gasteiger partial charge in [0.1, 0.15) is 0 Å². The molecule has 0 saturated heterocycles. The van der Waals surface area contributed by atoms with Gasteiger partial charge in [0.05, 0.1) is 0 Å². The van der Waals surface area contributed by atoms with Gasteiger partial charge in [0, 0.05) is 17.7 Å². The van der Waals surface area contributed by atoms with Crippen LogP contribution in [0.2, 0.25) is 0 Å². The Morgan fingerprint density at radius 3 is 2.26 bits per heavy atom. The van der Waals surface area contributed by atoms with E-state index >= 15 is 0 Å². The molecule has 2 aromatic rings. The molecule has 0 saturated carbocycles. The summed E-state index contributed by atoms with van der Waals surface area (Å²) in [7, 11) is 0. The number of aryl methyl sites for hydroxylation is 3. The van der Waals surface area contributed by atoms with Crippen LogP contribution in [0.3, 0.4) is 0 Å². The smallest absolute Gasteiger partial charge is 0.167 e. The van der Waals surface area contributed by atoms with E-state index in [2.05, 4.69) is 26.0 Å². The van der Waals surface area contributed by atoms with E-state index in [1.165, 1.54) is 11.1 Å². The van der Waals surface area contributed by atoms with Crippen LogP contribution in [-0.2, 0) is 6.42 Å². The highest BCUT2D eigenvalue weighted by atomic mass is 16.1. The van der Waals surface area contributed by atoms with Crippen LogP contribution in [0.1, 0.15) is 32.6 Å². The molecule has 2 nitrogen and oxygen atoms in total. The highest BCUT2D eigenvalue weighted by Gasteiger charge is 2.09. The van der Waals surface area contributed by atoms with Gasteiger partial charge in [-0.05, 0) is 49.1 Å². The lowest BCUT2D eigenvalue weighted by Gasteiger charge is -2.07. The molecule has 2 N–H and O–H groups in total. The Hall–Kier alpha value is -2.09. The first-order valence-corrected chi connectivity index (χ1v) is 6.43. The van der Waals surface area contributed by atoms with E-state index in [0.29, 0.717) is 17.7 Å². The van der Waals surface area contributed by atoms with Crippen LogP contribution in [0, 0.1) is 20.8 Å². The molecule has 0 unspecified atom stereocenters. The number of benzene rings is 2. The average molecular weight is 253 g/mol. The number of carbonyl (C=O) groups is 1. The van der Waals surface area contributed by atoms with E-state index in [4.69, 9.17) is 5.73 Å². The van der Waals surface area contributed by atoms with Crippen molar-refractivity contribution in [2.45, 2.75) is 27.2 Å². The van der Waals surface area contributed by atoms with Gasteiger partial charge in [-0.15, -0.1) is 0 Å². The van der Waals surface area contributed by atoms with Gasteiger partial charge in [-0.2, -0.15) is 0 Å². The number of ketones is 1. The summed E-state index contributed by atoms with van der Waals surface area (Å²) in [5.74, 6) is 0.106. The van der Waals surface area contributed by atoms with E-state index in [9.17, 15) is 4.79 Å². The van der Waals surface area contributed by atoms with E-state index in [1.54, 1.807) is 6.07 Å². The molecular formula is C17H19NO. The number of rotatable bonds is 3. The maximum Gasteiger partial charge on any atom is 0.167 e. The van der Waals surface area contributed by atoms with E-state index in [1.807, 2.05) is 25.1 Å². The maximum absolute atomic E-state index is 12.2. The Morgan fingerprint density at radius 2 is 1.63 bits per heavy atom. The summed E-state index contributed by atoms with van der Waals surface area (Å²) in [5.41, 5.74) is 11.7. The van der Waals surface area contributed by atoms with Crippen molar-refractivity contribution >= 4 is 11.5 Å². The summed E-state index contributed by atoms with van der Waals surface area (Å²) in [6.45, 7) is 6.07. The van der Waals surface area contributed by atoms with Crippen molar-refractivity contribution < 1.29 is 4.79 Å². The fourth-order valence-electron chi connectivity index (χ4n) is 2.01. The molecule has 0 spiro atoms. The molecule has 0 amide bonds. The Morgan fingerprint density at radius 1 is 0.947 bits per heavy atom. The molecule has 98 valence electrons. The molecule has 19 heavy (non-hydrogen) atoms. The summed E-state index contributed by atoms with van der Waals surface area (Å²) in [4.78, 5) is 12.2. The number of Topliss-reactive ketones (excluding diaryl/α,β-unsaturated/α-hetero) is 1. The molecule has 0 heterocycles. The SMILES string of the molecule is Cc1ccc(CC(=O)c2ccc(C)c(N)c2)cc1C. The van der Waals surface area contributed by atoms with Crippen molar-refractivity contribution in [3.8, 4) is 0 Å². The average Bonchev–Trinajstić information content (AvgIpc) is 2.37. The number of anilines is 1. The van der Waals surface area contributed by atoms with Gasteiger partial charge in [0.25, 0.3) is 0 Å². The Kier molecular flexibility index (Phi) is 3.70. The number of nitrogens with two attached hydrogens (primary N) is 1. The zero-order valence-electron chi connectivity index (χ0n) is 11.7. The van der Waals surface area contributed by atoms with E-state index in [-0.39, 0.29) is 5.78 Å². The van der Waals surface area contributed by atoms with Gasteiger partial charge in [-0.1, -0.05) is 30.3 Å². The number of hydrogen-bond donors (Lipinski definition) is 1. The molecule has 0 aliphatic rings. The molecule has 2 rings (SSSR count). The van der Waals surface area contributed by atoms with Gasteiger partial charge >= 0.3 is 0 Å². The second kappa shape index (κ2) is 5.27. The van der Waals surface area contributed by atoms with Gasteiger partial charge in [0.15, 0.2) is 5.78 Å². The van der Waals surface area contributed by atoms with Crippen LogP contribution in [0.15, 0.2) is 36.4 Å². The third kappa shape index (κ3) is 3.02. The zero-order chi connectivity index (χ0) is 14.0. The van der Waals surface area contributed by atoms with Gasteiger partial charge in [-0.3, -0.25) is 4.79 Å². The van der Waals surface area contributed by atoms with Crippen molar-refractivity contribution in [2.75, 3.05) is 5.73 Å². The fraction of sp³-hybridized carbons (Fsp3) is 0.235. The van der Waals surface area contributed by atoms with Crippen LogP contribution in [0.4, 0.5) is 5.69 Å². The predicted molar refractivity (Wildman–Crippen MR) is 79.5 cm³/mol. The second-order valence-electron chi connectivity index (χ2n) is 5.09. The summed E-state index contributed by atoms with van der Waals surface area (Å²) in [5, 5.41) is 0. The van der Waals surface area contributed by atoms with Gasteiger partial charge in [-0.25, -0.2) is 0 Å². The zero-order valence-corrected chi connectivity index (χ0v) is 11.7. The first-order valence-electron chi connectivity index (χ1n) is 6.43. The third-order valence-electron chi connectivity index (χ3n) is 3.54.